The van der Waals surface area contributed by atoms with Gasteiger partial charge in [0, 0.05) is 13.5 Å². The summed E-state index contributed by atoms with van der Waals surface area (Å²) in [5, 5.41) is 0. The van der Waals surface area contributed by atoms with Gasteiger partial charge >= 0.3 is 0 Å². The molecule has 1 aromatic rings. The number of carbonyl (C=O) groups excluding carboxylic acids is 1. The lowest BCUT2D eigenvalue weighted by Crippen LogP contribution is -1.94. The highest BCUT2D eigenvalue weighted by atomic mass is 16.5. The molecule has 0 unspecified atom stereocenters. The van der Waals surface area contributed by atoms with Crippen molar-refractivity contribution in [1.29, 1.82) is 0 Å². The normalized spacial score (nSPS) is 10.0. The molecule has 82 valence electrons. The largest absolute Gasteiger partial charge is 0.497 e. The van der Waals surface area contributed by atoms with Gasteiger partial charge < -0.3 is 14.3 Å². The van der Waals surface area contributed by atoms with Gasteiger partial charge in [-0.3, -0.25) is 0 Å². The van der Waals surface area contributed by atoms with Crippen molar-refractivity contribution < 1.29 is 14.3 Å². The van der Waals surface area contributed by atoms with E-state index in [-0.39, 0.29) is 0 Å². The van der Waals surface area contributed by atoms with Crippen molar-refractivity contribution in [3.8, 4) is 5.75 Å². The Labute approximate surface area is 90.0 Å². The first-order valence-corrected chi connectivity index (χ1v) is 4.89. The average molecular weight is 208 g/mol. The molecular weight excluding hydrogens is 192 g/mol. The highest BCUT2D eigenvalue weighted by molar-refractivity contribution is 5.50. The molecule has 0 aromatic heterocycles. The topological polar surface area (TPSA) is 35.5 Å². The fourth-order valence-electron chi connectivity index (χ4n) is 1.47. The van der Waals surface area contributed by atoms with Crippen LogP contribution in [0.15, 0.2) is 18.2 Å². The van der Waals surface area contributed by atoms with Crippen molar-refractivity contribution in [2.45, 2.75) is 19.4 Å². The fourth-order valence-corrected chi connectivity index (χ4v) is 1.47. The molecule has 0 radical (unpaired) electrons. The Morgan fingerprint density at radius 2 is 1.93 bits per heavy atom. The van der Waals surface area contributed by atoms with Gasteiger partial charge in [-0.25, -0.2) is 0 Å². The van der Waals surface area contributed by atoms with Gasteiger partial charge in [0.2, 0.25) is 0 Å². The van der Waals surface area contributed by atoms with E-state index in [4.69, 9.17) is 9.47 Å². The molecule has 0 aliphatic rings. The van der Waals surface area contributed by atoms with Crippen LogP contribution >= 0.6 is 0 Å². The second-order valence-electron chi connectivity index (χ2n) is 3.33. The molecule has 0 atom stereocenters. The lowest BCUT2D eigenvalue weighted by molar-refractivity contribution is -0.107. The highest BCUT2D eigenvalue weighted by Crippen LogP contribution is 2.18. The van der Waals surface area contributed by atoms with Crippen LogP contribution in [0.5, 0.6) is 5.75 Å². The number of rotatable bonds is 6. The average Bonchev–Trinajstić information content (AvgIpc) is 2.26. The number of carbonyl (C=O) groups is 1. The maximum Gasteiger partial charge on any atom is 0.120 e. The summed E-state index contributed by atoms with van der Waals surface area (Å²) < 4.78 is 10.2. The first kappa shape index (κ1) is 11.7. The molecule has 0 saturated carbocycles. The van der Waals surface area contributed by atoms with Gasteiger partial charge in [-0.05, 0) is 29.7 Å². The maximum atomic E-state index is 10.3. The number of aryl methyl sites for hydroxylation is 1. The van der Waals surface area contributed by atoms with Gasteiger partial charge in [0.1, 0.15) is 12.0 Å². The summed E-state index contributed by atoms with van der Waals surface area (Å²) in [6.07, 6.45) is 2.21. The molecule has 0 spiro atoms. The third-order valence-electron chi connectivity index (χ3n) is 2.12. The number of hydrogen-bond donors (Lipinski definition) is 0. The van der Waals surface area contributed by atoms with Gasteiger partial charge in [0.05, 0.1) is 13.7 Å². The van der Waals surface area contributed by atoms with Gasteiger partial charge in [0.15, 0.2) is 0 Å². The van der Waals surface area contributed by atoms with Crippen LogP contribution in [0.25, 0.3) is 0 Å². The highest BCUT2D eigenvalue weighted by Gasteiger charge is 2.01. The third kappa shape index (κ3) is 3.72. The summed E-state index contributed by atoms with van der Waals surface area (Å²) in [6.45, 7) is 0.561. The van der Waals surface area contributed by atoms with Gasteiger partial charge in [0.25, 0.3) is 0 Å². The molecule has 0 amide bonds. The predicted molar refractivity (Wildman–Crippen MR) is 58.1 cm³/mol. The van der Waals surface area contributed by atoms with E-state index in [1.54, 1.807) is 14.2 Å². The SMILES string of the molecule is COCc1cc(CCC=O)cc(OC)c1. The smallest absolute Gasteiger partial charge is 0.120 e. The maximum absolute atomic E-state index is 10.3. The minimum atomic E-state index is 0.541. The molecule has 1 rings (SSSR count). The lowest BCUT2D eigenvalue weighted by Gasteiger charge is -2.07. The van der Waals surface area contributed by atoms with Gasteiger partial charge in [-0.15, -0.1) is 0 Å². The molecule has 0 fully saturated rings. The van der Waals surface area contributed by atoms with Crippen molar-refractivity contribution in [1.82, 2.24) is 0 Å². The first-order chi connectivity index (χ1) is 7.30. The van der Waals surface area contributed by atoms with E-state index in [0.717, 1.165) is 29.6 Å². The summed E-state index contributed by atoms with van der Waals surface area (Å²) in [4.78, 5) is 10.3. The van der Waals surface area contributed by atoms with Crippen LogP contribution in [-0.4, -0.2) is 20.5 Å². The standard InChI is InChI=1S/C12H16O3/c1-14-9-11-6-10(4-3-5-13)7-12(8-11)15-2/h5-8H,3-4,9H2,1-2H3. The number of hydrogen-bond acceptors (Lipinski definition) is 3. The zero-order valence-electron chi connectivity index (χ0n) is 9.16. The second kappa shape index (κ2) is 6.19. The second-order valence-corrected chi connectivity index (χ2v) is 3.33. The Balaban J connectivity index is 2.84. The summed E-state index contributed by atoms with van der Waals surface area (Å²) in [5.74, 6) is 0.811. The van der Waals surface area contributed by atoms with E-state index in [0.29, 0.717) is 13.0 Å². The molecule has 0 saturated heterocycles. The van der Waals surface area contributed by atoms with E-state index >= 15 is 0 Å². The molecule has 3 heteroatoms. The molecule has 0 aliphatic heterocycles. The molecule has 0 bridgehead atoms. The molecule has 3 nitrogen and oxygen atoms in total. The predicted octanol–water partition coefficient (Wildman–Crippen LogP) is 1.97. The van der Waals surface area contributed by atoms with E-state index in [1.807, 2.05) is 18.2 Å². The van der Waals surface area contributed by atoms with Gasteiger partial charge in [-0.2, -0.15) is 0 Å². The quantitative estimate of drug-likeness (QED) is 0.670. The van der Waals surface area contributed by atoms with Crippen LogP contribution in [0.2, 0.25) is 0 Å². The number of methoxy groups -OCH3 is 2. The Hall–Kier alpha value is -1.35. The summed E-state index contributed by atoms with van der Waals surface area (Å²) >= 11 is 0. The molecule has 0 aliphatic carbocycles. The molecule has 1 aromatic carbocycles. The van der Waals surface area contributed by atoms with Crippen molar-refractivity contribution in [2.75, 3.05) is 14.2 Å². The minimum absolute atomic E-state index is 0.541. The Morgan fingerprint density at radius 1 is 1.20 bits per heavy atom. The van der Waals surface area contributed by atoms with E-state index in [2.05, 4.69) is 0 Å². The van der Waals surface area contributed by atoms with Crippen LogP contribution in [-0.2, 0) is 22.6 Å². The summed E-state index contributed by atoms with van der Waals surface area (Å²) in [5.41, 5.74) is 2.17. The number of benzene rings is 1. The van der Waals surface area contributed by atoms with E-state index in [1.165, 1.54) is 0 Å². The van der Waals surface area contributed by atoms with Gasteiger partial charge in [-0.1, -0.05) is 6.07 Å². The zero-order valence-corrected chi connectivity index (χ0v) is 9.16. The summed E-state index contributed by atoms with van der Waals surface area (Å²) in [6, 6.07) is 5.92. The van der Waals surface area contributed by atoms with Crippen LogP contribution < -0.4 is 4.74 Å². The number of ether oxygens (including phenoxy) is 2. The fraction of sp³-hybridized carbons (Fsp3) is 0.417. The number of aldehydes is 1. The molecule has 0 N–H and O–H groups in total. The van der Waals surface area contributed by atoms with Crippen LogP contribution in [0.4, 0.5) is 0 Å². The van der Waals surface area contributed by atoms with Crippen molar-refractivity contribution in [3.05, 3.63) is 29.3 Å². The van der Waals surface area contributed by atoms with Crippen molar-refractivity contribution in [3.63, 3.8) is 0 Å². The van der Waals surface area contributed by atoms with E-state index in [9.17, 15) is 4.79 Å². The van der Waals surface area contributed by atoms with E-state index < -0.39 is 0 Å². The zero-order chi connectivity index (χ0) is 11.1. The van der Waals surface area contributed by atoms with Crippen LogP contribution in [0.3, 0.4) is 0 Å². The molecule has 15 heavy (non-hydrogen) atoms. The van der Waals surface area contributed by atoms with Crippen LogP contribution in [0, 0.1) is 0 Å². The van der Waals surface area contributed by atoms with Crippen molar-refractivity contribution >= 4 is 6.29 Å². The Bertz CT molecular complexity index is 321. The summed E-state index contributed by atoms with van der Waals surface area (Å²) in [7, 11) is 3.29. The Morgan fingerprint density at radius 3 is 2.53 bits per heavy atom. The van der Waals surface area contributed by atoms with Crippen LogP contribution in [0.1, 0.15) is 17.5 Å². The third-order valence-corrected chi connectivity index (χ3v) is 2.12. The molecule has 0 heterocycles. The van der Waals surface area contributed by atoms with Crippen molar-refractivity contribution in [2.24, 2.45) is 0 Å². The Kier molecular flexibility index (Phi) is 4.84. The lowest BCUT2D eigenvalue weighted by atomic mass is 10.1. The molecular formula is C12H16O3. The first-order valence-electron chi connectivity index (χ1n) is 4.89. The monoisotopic (exact) mass is 208 g/mol. The minimum Gasteiger partial charge on any atom is -0.497 e.